The Kier molecular flexibility index (Phi) is 3.77. The molecule has 3 heteroatoms. The molecular weight excluding hydrogens is 220 g/mol. The second kappa shape index (κ2) is 5.13. The Morgan fingerprint density at radius 1 is 1.29 bits per heavy atom. The van der Waals surface area contributed by atoms with E-state index in [9.17, 15) is 8.78 Å². The maximum absolute atomic E-state index is 13.8. The quantitative estimate of drug-likeness (QED) is 0.840. The number of rotatable bonds is 2. The third-order valence-electron chi connectivity index (χ3n) is 3.92. The van der Waals surface area contributed by atoms with Gasteiger partial charge in [0.2, 0.25) is 0 Å². The van der Waals surface area contributed by atoms with Crippen LogP contribution in [0.15, 0.2) is 18.2 Å². The molecule has 0 amide bonds. The van der Waals surface area contributed by atoms with E-state index in [1.165, 1.54) is 6.07 Å². The lowest BCUT2D eigenvalue weighted by Crippen LogP contribution is -2.28. The molecule has 0 bridgehead atoms. The number of halogens is 2. The zero-order chi connectivity index (χ0) is 12.4. The molecule has 1 aromatic carbocycles. The third-order valence-corrected chi connectivity index (χ3v) is 3.92. The summed E-state index contributed by atoms with van der Waals surface area (Å²) in [5.74, 6) is 0.115. The zero-order valence-corrected chi connectivity index (χ0v) is 10.1. The highest BCUT2D eigenvalue weighted by Gasteiger charge is 2.30. The van der Waals surface area contributed by atoms with Crippen molar-refractivity contribution in [3.63, 3.8) is 0 Å². The molecule has 0 radical (unpaired) electrons. The molecule has 2 rings (SSSR count). The van der Waals surface area contributed by atoms with Gasteiger partial charge in [-0.15, -0.1) is 0 Å². The van der Waals surface area contributed by atoms with Gasteiger partial charge in [-0.25, -0.2) is 8.78 Å². The minimum Gasteiger partial charge on any atom is -0.330 e. The Balaban J connectivity index is 2.28. The number of benzene rings is 1. The highest BCUT2D eigenvalue weighted by molar-refractivity contribution is 5.24. The van der Waals surface area contributed by atoms with E-state index in [-0.39, 0.29) is 5.92 Å². The SMILES string of the molecule is CC1CCC(CN)C(c2ccc(F)cc2F)C1. The average Bonchev–Trinajstić information content (AvgIpc) is 2.29. The molecule has 0 heterocycles. The Hall–Kier alpha value is -0.960. The van der Waals surface area contributed by atoms with Crippen molar-refractivity contribution in [3.05, 3.63) is 35.4 Å². The van der Waals surface area contributed by atoms with Crippen molar-refractivity contribution in [2.24, 2.45) is 17.6 Å². The molecule has 17 heavy (non-hydrogen) atoms. The fraction of sp³-hybridized carbons (Fsp3) is 0.571. The molecule has 1 aromatic rings. The van der Waals surface area contributed by atoms with Gasteiger partial charge in [0.1, 0.15) is 11.6 Å². The lowest BCUT2D eigenvalue weighted by Gasteiger charge is -2.34. The van der Waals surface area contributed by atoms with E-state index in [2.05, 4.69) is 6.92 Å². The van der Waals surface area contributed by atoms with Crippen LogP contribution in [0.2, 0.25) is 0 Å². The summed E-state index contributed by atoms with van der Waals surface area (Å²) in [4.78, 5) is 0. The Labute approximate surface area is 101 Å². The van der Waals surface area contributed by atoms with Crippen LogP contribution in [-0.2, 0) is 0 Å². The van der Waals surface area contributed by atoms with Crippen molar-refractivity contribution in [2.75, 3.05) is 6.54 Å². The van der Waals surface area contributed by atoms with Crippen molar-refractivity contribution >= 4 is 0 Å². The van der Waals surface area contributed by atoms with E-state index in [1.807, 2.05) is 0 Å². The second-order valence-corrected chi connectivity index (χ2v) is 5.19. The van der Waals surface area contributed by atoms with Gasteiger partial charge >= 0.3 is 0 Å². The van der Waals surface area contributed by atoms with Gasteiger partial charge in [-0.3, -0.25) is 0 Å². The van der Waals surface area contributed by atoms with Gasteiger partial charge < -0.3 is 5.73 Å². The average molecular weight is 239 g/mol. The normalized spacial score (nSPS) is 29.3. The second-order valence-electron chi connectivity index (χ2n) is 5.19. The Bertz CT molecular complexity index is 392. The topological polar surface area (TPSA) is 26.0 Å². The fourth-order valence-corrected chi connectivity index (χ4v) is 2.91. The van der Waals surface area contributed by atoms with Crippen LogP contribution < -0.4 is 5.73 Å². The first-order chi connectivity index (χ1) is 8.11. The summed E-state index contributed by atoms with van der Waals surface area (Å²) in [5.41, 5.74) is 6.39. The van der Waals surface area contributed by atoms with Gasteiger partial charge in [0.05, 0.1) is 0 Å². The molecule has 3 atom stereocenters. The van der Waals surface area contributed by atoms with Gasteiger partial charge in [0.25, 0.3) is 0 Å². The number of hydrogen-bond acceptors (Lipinski definition) is 1. The van der Waals surface area contributed by atoms with Crippen molar-refractivity contribution < 1.29 is 8.78 Å². The predicted octanol–water partition coefficient (Wildman–Crippen LogP) is 3.44. The number of hydrogen-bond donors (Lipinski definition) is 1. The Morgan fingerprint density at radius 2 is 2.06 bits per heavy atom. The summed E-state index contributed by atoms with van der Waals surface area (Å²) in [7, 11) is 0. The van der Waals surface area contributed by atoms with Gasteiger partial charge in [0.15, 0.2) is 0 Å². The summed E-state index contributed by atoms with van der Waals surface area (Å²) in [6.45, 7) is 2.76. The van der Waals surface area contributed by atoms with Crippen molar-refractivity contribution in [1.82, 2.24) is 0 Å². The van der Waals surface area contributed by atoms with E-state index in [4.69, 9.17) is 5.73 Å². The molecule has 0 aromatic heterocycles. The first-order valence-corrected chi connectivity index (χ1v) is 6.26. The fourth-order valence-electron chi connectivity index (χ4n) is 2.91. The standard InChI is InChI=1S/C14H19F2N/c1-9-2-3-10(8-17)13(6-9)12-5-4-11(15)7-14(12)16/h4-5,7,9-10,13H,2-3,6,8,17H2,1H3. The Morgan fingerprint density at radius 3 is 2.71 bits per heavy atom. The van der Waals surface area contributed by atoms with Crippen LogP contribution in [0.4, 0.5) is 8.78 Å². The lowest BCUT2D eigenvalue weighted by molar-refractivity contribution is 0.249. The van der Waals surface area contributed by atoms with Crippen LogP contribution in [0, 0.1) is 23.5 Å². The number of nitrogens with two attached hydrogens (primary N) is 1. The van der Waals surface area contributed by atoms with Gasteiger partial charge in [0, 0.05) is 6.07 Å². The van der Waals surface area contributed by atoms with Gasteiger partial charge in [-0.1, -0.05) is 19.4 Å². The molecule has 1 aliphatic rings. The van der Waals surface area contributed by atoms with E-state index in [1.54, 1.807) is 6.07 Å². The van der Waals surface area contributed by atoms with Crippen LogP contribution in [0.1, 0.15) is 37.7 Å². The van der Waals surface area contributed by atoms with Crippen LogP contribution >= 0.6 is 0 Å². The third kappa shape index (κ3) is 2.65. The monoisotopic (exact) mass is 239 g/mol. The molecule has 1 fully saturated rings. The van der Waals surface area contributed by atoms with Crippen LogP contribution in [0.25, 0.3) is 0 Å². The molecule has 1 aliphatic carbocycles. The molecule has 2 N–H and O–H groups in total. The summed E-state index contributed by atoms with van der Waals surface area (Å²) < 4.78 is 26.7. The smallest absolute Gasteiger partial charge is 0.129 e. The van der Waals surface area contributed by atoms with E-state index in [0.717, 1.165) is 25.3 Å². The lowest BCUT2D eigenvalue weighted by atomic mass is 9.71. The van der Waals surface area contributed by atoms with E-state index >= 15 is 0 Å². The van der Waals surface area contributed by atoms with Crippen molar-refractivity contribution in [3.8, 4) is 0 Å². The van der Waals surface area contributed by atoms with Crippen LogP contribution in [-0.4, -0.2) is 6.54 Å². The highest BCUT2D eigenvalue weighted by Crippen LogP contribution is 2.40. The molecule has 0 spiro atoms. The van der Waals surface area contributed by atoms with E-state index in [0.29, 0.717) is 23.9 Å². The first kappa shape index (κ1) is 12.5. The molecule has 3 unspecified atom stereocenters. The summed E-state index contributed by atoms with van der Waals surface area (Å²) in [6.07, 6.45) is 3.14. The van der Waals surface area contributed by atoms with Crippen LogP contribution in [0.3, 0.4) is 0 Å². The maximum Gasteiger partial charge on any atom is 0.129 e. The van der Waals surface area contributed by atoms with Crippen molar-refractivity contribution in [1.29, 1.82) is 0 Å². The predicted molar refractivity (Wildman–Crippen MR) is 64.7 cm³/mol. The van der Waals surface area contributed by atoms with Gasteiger partial charge in [-0.05, 0) is 48.8 Å². The summed E-state index contributed by atoms with van der Waals surface area (Å²) >= 11 is 0. The summed E-state index contributed by atoms with van der Waals surface area (Å²) in [6, 6.07) is 3.89. The molecule has 0 saturated heterocycles. The molecule has 94 valence electrons. The van der Waals surface area contributed by atoms with Crippen LogP contribution in [0.5, 0.6) is 0 Å². The summed E-state index contributed by atoms with van der Waals surface area (Å²) in [5, 5.41) is 0. The minimum atomic E-state index is -0.514. The molecule has 1 saturated carbocycles. The maximum atomic E-state index is 13.8. The zero-order valence-electron chi connectivity index (χ0n) is 10.1. The largest absolute Gasteiger partial charge is 0.330 e. The molecule has 0 aliphatic heterocycles. The van der Waals surface area contributed by atoms with Crippen molar-refractivity contribution in [2.45, 2.75) is 32.1 Å². The van der Waals surface area contributed by atoms with E-state index < -0.39 is 11.6 Å². The van der Waals surface area contributed by atoms with Gasteiger partial charge in [-0.2, -0.15) is 0 Å². The minimum absolute atomic E-state index is 0.143. The highest BCUT2D eigenvalue weighted by atomic mass is 19.1. The molecular formula is C14H19F2N. The molecule has 1 nitrogen and oxygen atoms in total. The first-order valence-electron chi connectivity index (χ1n) is 6.26.